The Morgan fingerprint density at radius 3 is 2.71 bits per heavy atom. The van der Waals surface area contributed by atoms with Gasteiger partial charge in [-0.05, 0) is 36.1 Å². The maximum Gasteiger partial charge on any atom is 0.0960 e. The van der Waals surface area contributed by atoms with Gasteiger partial charge >= 0.3 is 0 Å². The Labute approximate surface area is 89.9 Å². The molecule has 0 radical (unpaired) electrons. The summed E-state index contributed by atoms with van der Waals surface area (Å²) in [4.78, 5) is 0.882. The smallest absolute Gasteiger partial charge is 0.0960 e. The van der Waals surface area contributed by atoms with Gasteiger partial charge in [0.15, 0.2) is 0 Å². The average molecular weight is 222 g/mol. The molecule has 1 aromatic heterocycles. The zero-order valence-electron chi connectivity index (χ0n) is 7.77. The molecule has 14 heavy (non-hydrogen) atoms. The van der Waals surface area contributed by atoms with E-state index >= 15 is 0 Å². The van der Waals surface area contributed by atoms with Crippen molar-refractivity contribution in [3.05, 3.63) is 47.3 Å². The van der Waals surface area contributed by atoms with Crippen molar-refractivity contribution < 1.29 is 4.21 Å². The molecule has 2 rings (SSSR count). The standard InChI is InChI=1S/C11H10OS2/c1-9-4-2-5-10(8-9)14(12)11-6-3-7-13-11/h2-8H,1H3. The predicted octanol–water partition coefficient (Wildman–Crippen LogP) is 3.22. The van der Waals surface area contributed by atoms with Crippen LogP contribution in [-0.2, 0) is 10.8 Å². The van der Waals surface area contributed by atoms with E-state index in [0.717, 1.165) is 14.7 Å². The molecular formula is C11H10OS2. The molecule has 0 saturated heterocycles. The zero-order valence-corrected chi connectivity index (χ0v) is 9.40. The number of hydrogen-bond donors (Lipinski definition) is 0. The fourth-order valence-corrected chi connectivity index (χ4v) is 3.40. The summed E-state index contributed by atoms with van der Waals surface area (Å²) in [6, 6.07) is 11.7. The molecular weight excluding hydrogens is 212 g/mol. The third kappa shape index (κ3) is 1.94. The molecule has 2 aromatic rings. The Bertz CT molecular complexity index is 446. The molecule has 0 aliphatic carbocycles. The van der Waals surface area contributed by atoms with Gasteiger partial charge in [-0.3, -0.25) is 0 Å². The molecule has 0 fully saturated rings. The topological polar surface area (TPSA) is 17.1 Å². The Hall–Kier alpha value is -0.930. The van der Waals surface area contributed by atoms with Crippen molar-refractivity contribution in [3.63, 3.8) is 0 Å². The number of benzene rings is 1. The molecule has 0 spiro atoms. The van der Waals surface area contributed by atoms with Gasteiger partial charge in [-0.25, -0.2) is 4.21 Å². The summed E-state index contributed by atoms with van der Waals surface area (Å²) < 4.78 is 12.9. The SMILES string of the molecule is Cc1cccc(S(=O)c2cccs2)c1. The molecule has 0 bridgehead atoms. The fourth-order valence-electron chi connectivity index (χ4n) is 1.22. The quantitative estimate of drug-likeness (QED) is 0.762. The van der Waals surface area contributed by atoms with Crippen molar-refractivity contribution in [3.8, 4) is 0 Å². The van der Waals surface area contributed by atoms with E-state index in [1.165, 1.54) is 11.3 Å². The first-order chi connectivity index (χ1) is 6.77. The molecule has 1 heterocycles. The lowest BCUT2D eigenvalue weighted by Gasteiger charge is -1.99. The third-order valence-corrected chi connectivity index (χ3v) is 4.47. The molecule has 3 heteroatoms. The molecule has 72 valence electrons. The molecule has 1 unspecified atom stereocenters. The van der Waals surface area contributed by atoms with Crippen molar-refractivity contribution in [1.82, 2.24) is 0 Å². The number of rotatable bonds is 2. The minimum absolute atomic E-state index is 0.882. The monoisotopic (exact) mass is 222 g/mol. The second-order valence-corrected chi connectivity index (χ2v) is 5.67. The van der Waals surface area contributed by atoms with Crippen LogP contribution < -0.4 is 0 Å². The van der Waals surface area contributed by atoms with Crippen molar-refractivity contribution >= 4 is 22.1 Å². The summed E-state index contributed by atoms with van der Waals surface area (Å²) in [6.45, 7) is 2.01. The second kappa shape index (κ2) is 4.07. The number of hydrogen-bond acceptors (Lipinski definition) is 2. The minimum Gasteiger partial charge on any atom is -0.248 e. The predicted molar refractivity (Wildman–Crippen MR) is 60.2 cm³/mol. The highest BCUT2D eigenvalue weighted by molar-refractivity contribution is 7.87. The van der Waals surface area contributed by atoms with Crippen LogP contribution in [0.5, 0.6) is 0 Å². The van der Waals surface area contributed by atoms with Gasteiger partial charge in [0.05, 0.1) is 15.0 Å². The Morgan fingerprint density at radius 1 is 1.21 bits per heavy atom. The average Bonchev–Trinajstić information content (AvgIpc) is 2.69. The van der Waals surface area contributed by atoms with Crippen LogP contribution >= 0.6 is 11.3 Å². The maximum atomic E-state index is 12.0. The van der Waals surface area contributed by atoms with E-state index in [1.807, 2.05) is 48.7 Å². The lowest BCUT2D eigenvalue weighted by Crippen LogP contribution is -1.89. The first kappa shape index (κ1) is 9.62. The minimum atomic E-state index is -1.01. The van der Waals surface area contributed by atoms with Crippen LogP contribution in [0.3, 0.4) is 0 Å². The van der Waals surface area contributed by atoms with Crippen LogP contribution in [-0.4, -0.2) is 4.21 Å². The summed E-state index contributed by atoms with van der Waals surface area (Å²) in [5, 5.41) is 1.95. The van der Waals surface area contributed by atoms with Gasteiger partial charge in [-0.1, -0.05) is 18.2 Å². The van der Waals surface area contributed by atoms with E-state index in [2.05, 4.69) is 0 Å². The van der Waals surface area contributed by atoms with Gasteiger partial charge in [0.25, 0.3) is 0 Å². The van der Waals surface area contributed by atoms with Crippen molar-refractivity contribution in [2.45, 2.75) is 16.0 Å². The third-order valence-electron chi connectivity index (χ3n) is 1.88. The molecule has 0 aliphatic heterocycles. The fraction of sp³-hybridized carbons (Fsp3) is 0.0909. The molecule has 0 saturated carbocycles. The lowest BCUT2D eigenvalue weighted by atomic mass is 10.2. The summed E-state index contributed by atoms with van der Waals surface area (Å²) in [5.74, 6) is 0. The lowest BCUT2D eigenvalue weighted by molar-refractivity contribution is 0.684. The maximum absolute atomic E-state index is 12.0. The number of aryl methyl sites for hydroxylation is 1. The summed E-state index contributed by atoms with van der Waals surface area (Å²) in [6.07, 6.45) is 0. The van der Waals surface area contributed by atoms with E-state index in [4.69, 9.17) is 0 Å². The highest BCUT2D eigenvalue weighted by Gasteiger charge is 2.07. The van der Waals surface area contributed by atoms with Gasteiger partial charge in [0, 0.05) is 4.90 Å². The first-order valence-electron chi connectivity index (χ1n) is 4.29. The second-order valence-electron chi connectivity index (χ2n) is 3.02. The van der Waals surface area contributed by atoms with E-state index in [0.29, 0.717) is 0 Å². The number of thiophene rings is 1. The molecule has 1 nitrogen and oxygen atoms in total. The molecule has 1 aromatic carbocycles. The van der Waals surface area contributed by atoms with Gasteiger partial charge in [0.1, 0.15) is 0 Å². The Kier molecular flexibility index (Phi) is 2.79. The van der Waals surface area contributed by atoms with Crippen LogP contribution in [0, 0.1) is 6.92 Å². The van der Waals surface area contributed by atoms with E-state index in [-0.39, 0.29) is 0 Å². The normalized spacial score (nSPS) is 12.6. The summed E-state index contributed by atoms with van der Waals surface area (Å²) in [5.41, 5.74) is 1.15. The highest BCUT2D eigenvalue weighted by Crippen LogP contribution is 2.21. The first-order valence-corrected chi connectivity index (χ1v) is 6.32. The summed E-state index contributed by atoms with van der Waals surface area (Å²) >= 11 is 1.53. The molecule has 1 atom stereocenters. The van der Waals surface area contributed by atoms with E-state index in [1.54, 1.807) is 0 Å². The van der Waals surface area contributed by atoms with Gasteiger partial charge in [-0.15, -0.1) is 11.3 Å². The largest absolute Gasteiger partial charge is 0.248 e. The van der Waals surface area contributed by atoms with Crippen molar-refractivity contribution in [2.75, 3.05) is 0 Å². The Balaban J connectivity index is 2.37. The zero-order chi connectivity index (χ0) is 9.97. The van der Waals surface area contributed by atoms with E-state index < -0.39 is 10.8 Å². The van der Waals surface area contributed by atoms with Crippen LogP contribution in [0.2, 0.25) is 0 Å². The van der Waals surface area contributed by atoms with E-state index in [9.17, 15) is 4.21 Å². The van der Waals surface area contributed by atoms with Gasteiger partial charge < -0.3 is 0 Å². The van der Waals surface area contributed by atoms with Crippen LogP contribution in [0.1, 0.15) is 5.56 Å². The Morgan fingerprint density at radius 2 is 2.07 bits per heavy atom. The molecule has 0 aliphatic rings. The summed E-state index contributed by atoms with van der Waals surface area (Å²) in [7, 11) is -1.01. The van der Waals surface area contributed by atoms with Gasteiger partial charge in [0.2, 0.25) is 0 Å². The molecule has 0 N–H and O–H groups in total. The highest BCUT2D eigenvalue weighted by atomic mass is 32.2. The van der Waals surface area contributed by atoms with Crippen LogP contribution in [0.25, 0.3) is 0 Å². The molecule has 0 amide bonds. The van der Waals surface area contributed by atoms with Gasteiger partial charge in [-0.2, -0.15) is 0 Å². The van der Waals surface area contributed by atoms with Crippen LogP contribution in [0.15, 0.2) is 50.9 Å². The van der Waals surface area contributed by atoms with Crippen LogP contribution in [0.4, 0.5) is 0 Å². The van der Waals surface area contributed by atoms with Crippen molar-refractivity contribution in [2.24, 2.45) is 0 Å². The van der Waals surface area contributed by atoms with Crippen molar-refractivity contribution in [1.29, 1.82) is 0 Å².